The van der Waals surface area contributed by atoms with Gasteiger partial charge in [0.2, 0.25) is 11.8 Å². The third-order valence-electron chi connectivity index (χ3n) is 3.19. The first-order valence-electron chi connectivity index (χ1n) is 6.47. The van der Waals surface area contributed by atoms with Gasteiger partial charge < -0.3 is 15.5 Å². The largest absolute Gasteiger partial charge is 0.350 e. The van der Waals surface area contributed by atoms with E-state index in [9.17, 15) is 27.2 Å². The van der Waals surface area contributed by atoms with Crippen LogP contribution in [0.3, 0.4) is 0 Å². The molecule has 128 valence electrons. The quantitative estimate of drug-likeness (QED) is 0.618. The van der Waals surface area contributed by atoms with Gasteiger partial charge in [0, 0.05) is 31.3 Å². The summed E-state index contributed by atoms with van der Waals surface area (Å²) in [5.74, 6) is -7.16. The lowest BCUT2D eigenvalue weighted by Crippen LogP contribution is -2.51. The number of benzene rings is 1. The molecule has 0 bridgehead atoms. The van der Waals surface area contributed by atoms with Crippen LogP contribution in [0.15, 0.2) is 6.07 Å². The van der Waals surface area contributed by atoms with Crippen molar-refractivity contribution in [3.63, 3.8) is 0 Å². The van der Waals surface area contributed by atoms with Gasteiger partial charge in [-0.2, -0.15) is 0 Å². The Labute approximate surface area is 135 Å². The van der Waals surface area contributed by atoms with Gasteiger partial charge in [0.05, 0.1) is 13.1 Å². The molecule has 0 atom stereocenters. The minimum absolute atomic E-state index is 0. The number of carbonyl (C=O) groups excluding carboxylic acids is 2. The van der Waals surface area contributed by atoms with Crippen molar-refractivity contribution in [2.24, 2.45) is 0 Å². The number of hydrogen-bond acceptors (Lipinski definition) is 3. The molecule has 10 heteroatoms. The van der Waals surface area contributed by atoms with E-state index in [2.05, 4.69) is 10.6 Å². The molecule has 1 fully saturated rings. The van der Waals surface area contributed by atoms with Gasteiger partial charge in [-0.15, -0.1) is 12.4 Å². The average molecular weight is 356 g/mol. The molecule has 23 heavy (non-hydrogen) atoms. The minimum atomic E-state index is -1.56. The highest BCUT2D eigenvalue weighted by atomic mass is 35.5. The average Bonchev–Trinajstić information content (AvgIpc) is 2.47. The monoisotopic (exact) mass is 355 g/mol. The van der Waals surface area contributed by atoms with Crippen molar-refractivity contribution < 1.29 is 27.2 Å². The molecule has 0 radical (unpaired) electrons. The van der Waals surface area contributed by atoms with Crippen molar-refractivity contribution >= 4 is 24.2 Å². The first-order chi connectivity index (χ1) is 10.4. The smallest absolute Gasteiger partial charge is 0.239 e. The topological polar surface area (TPSA) is 61.4 Å². The Bertz CT molecular complexity index is 589. The molecular formula is C13H14ClF4N3O2. The van der Waals surface area contributed by atoms with Gasteiger partial charge in [0.25, 0.3) is 0 Å². The van der Waals surface area contributed by atoms with E-state index in [1.165, 1.54) is 4.90 Å². The molecular weight excluding hydrogens is 342 g/mol. The molecule has 2 amide bonds. The van der Waals surface area contributed by atoms with Crippen LogP contribution in [-0.4, -0.2) is 42.9 Å². The molecule has 2 N–H and O–H groups in total. The summed E-state index contributed by atoms with van der Waals surface area (Å²) in [7, 11) is 0. The van der Waals surface area contributed by atoms with Crippen molar-refractivity contribution in [3.05, 3.63) is 34.9 Å². The van der Waals surface area contributed by atoms with Crippen LogP contribution in [0.25, 0.3) is 0 Å². The van der Waals surface area contributed by atoms with E-state index in [0.717, 1.165) is 0 Å². The van der Waals surface area contributed by atoms with Crippen LogP contribution in [0.2, 0.25) is 0 Å². The molecule has 0 aromatic heterocycles. The molecule has 5 nitrogen and oxygen atoms in total. The summed E-state index contributed by atoms with van der Waals surface area (Å²) in [5, 5.41) is 4.95. The highest BCUT2D eigenvalue weighted by molar-refractivity contribution is 5.86. The fraction of sp³-hybridized carbons (Fsp3) is 0.385. The van der Waals surface area contributed by atoms with Crippen molar-refractivity contribution in [3.8, 4) is 0 Å². The molecule has 1 aliphatic heterocycles. The second-order valence-electron chi connectivity index (χ2n) is 4.72. The summed E-state index contributed by atoms with van der Waals surface area (Å²) in [6.45, 7) is -0.0559. The first kappa shape index (κ1) is 19.2. The lowest BCUT2D eigenvalue weighted by Gasteiger charge is -2.26. The second-order valence-corrected chi connectivity index (χ2v) is 4.72. The summed E-state index contributed by atoms with van der Waals surface area (Å²) in [6.07, 6.45) is 0. The van der Waals surface area contributed by atoms with E-state index < -0.39 is 41.3 Å². The van der Waals surface area contributed by atoms with Gasteiger partial charge in [-0.3, -0.25) is 9.59 Å². The molecule has 1 saturated heterocycles. The van der Waals surface area contributed by atoms with Gasteiger partial charge in [0.15, 0.2) is 23.3 Å². The van der Waals surface area contributed by atoms with Crippen LogP contribution in [0.1, 0.15) is 5.56 Å². The summed E-state index contributed by atoms with van der Waals surface area (Å²) in [5.41, 5.74) is -0.905. The number of piperazine rings is 1. The Kier molecular flexibility index (Phi) is 6.77. The maximum absolute atomic E-state index is 13.4. The molecule has 0 saturated carbocycles. The zero-order valence-electron chi connectivity index (χ0n) is 11.8. The predicted octanol–water partition coefficient (Wildman–Crippen LogP) is 0.713. The Morgan fingerprint density at radius 2 is 1.83 bits per heavy atom. The fourth-order valence-electron chi connectivity index (χ4n) is 2.01. The summed E-state index contributed by atoms with van der Waals surface area (Å²) < 4.78 is 52.8. The third kappa shape index (κ3) is 4.55. The normalized spacial score (nSPS) is 14.4. The number of amides is 2. The second kappa shape index (κ2) is 8.11. The van der Waals surface area contributed by atoms with E-state index in [4.69, 9.17) is 0 Å². The Morgan fingerprint density at radius 3 is 2.39 bits per heavy atom. The van der Waals surface area contributed by atoms with E-state index in [1.807, 2.05) is 0 Å². The van der Waals surface area contributed by atoms with E-state index >= 15 is 0 Å². The van der Waals surface area contributed by atoms with Crippen LogP contribution in [-0.2, 0) is 16.1 Å². The first-order valence-corrected chi connectivity index (χ1v) is 6.47. The van der Waals surface area contributed by atoms with Gasteiger partial charge >= 0.3 is 0 Å². The number of halogens is 5. The standard InChI is InChI=1S/C13H13F4N3O2.ClH/c14-8-3-9(15)13(17)7(12(8)16)4-19-10(21)6-20-2-1-18-5-11(20)22;/h3,18H,1-2,4-6H2,(H,19,21);1H. The molecule has 1 aliphatic rings. The molecule has 0 aliphatic carbocycles. The molecule has 1 aromatic rings. The lowest BCUT2D eigenvalue weighted by atomic mass is 10.1. The number of rotatable bonds is 4. The van der Waals surface area contributed by atoms with E-state index in [-0.39, 0.29) is 37.5 Å². The summed E-state index contributed by atoms with van der Waals surface area (Å²) in [6, 6.07) is 0.0926. The van der Waals surface area contributed by atoms with Crippen molar-refractivity contribution in [2.45, 2.75) is 6.54 Å². The summed E-state index contributed by atoms with van der Waals surface area (Å²) in [4.78, 5) is 24.4. The molecule has 0 spiro atoms. The van der Waals surface area contributed by atoms with Gasteiger partial charge in [-0.05, 0) is 0 Å². The third-order valence-corrected chi connectivity index (χ3v) is 3.19. The maximum atomic E-state index is 13.4. The summed E-state index contributed by atoms with van der Waals surface area (Å²) >= 11 is 0. The molecule has 1 aromatic carbocycles. The fourth-order valence-corrected chi connectivity index (χ4v) is 2.01. The van der Waals surface area contributed by atoms with Crippen LogP contribution in [0.5, 0.6) is 0 Å². The zero-order chi connectivity index (χ0) is 16.3. The van der Waals surface area contributed by atoms with E-state index in [1.54, 1.807) is 0 Å². The number of nitrogens with zero attached hydrogens (tertiary/aromatic N) is 1. The Balaban J connectivity index is 0.00000264. The Hall–Kier alpha value is -1.87. The van der Waals surface area contributed by atoms with Crippen LogP contribution >= 0.6 is 12.4 Å². The zero-order valence-corrected chi connectivity index (χ0v) is 12.6. The van der Waals surface area contributed by atoms with Crippen molar-refractivity contribution in [1.29, 1.82) is 0 Å². The van der Waals surface area contributed by atoms with Gasteiger partial charge in [-0.1, -0.05) is 0 Å². The van der Waals surface area contributed by atoms with Crippen LogP contribution < -0.4 is 10.6 Å². The number of hydrogen-bond donors (Lipinski definition) is 2. The van der Waals surface area contributed by atoms with Crippen molar-refractivity contribution in [1.82, 2.24) is 15.5 Å². The molecule has 2 rings (SSSR count). The van der Waals surface area contributed by atoms with Crippen molar-refractivity contribution in [2.75, 3.05) is 26.2 Å². The molecule has 1 heterocycles. The highest BCUT2D eigenvalue weighted by Crippen LogP contribution is 2.18. The number of nitrogens with one attached hydrogen (secondary N) is 2. The lowest BCUT2D eigenvalue weighted by molar-refractivity contribution is -0.136. The minimum Gasteiger partial charge on any atom is -0.350 e. The molecule has 0 unspecified atom stereocenters. The van der Waals surface area contributed by atoms with Gasteiger partial charge in [-0.25, -0.2) is 17.6 Å². The highest BCUT2D eigenvalue weighted by Gasteiger charge is 2.22. The predicted molar refractivity (Wildman–Crippen MR) is 74.8 cm³/mol. The van der Waals surface area contributed by atoms with E-state index in [0.29, 0.717) is 13.1 Å². The van der Waals surface area contributed by atoms with Crippen LogP contribution in [0, 0.1) is 23.3 Å². The van der Waals surface area contributed by atoms with Gasteiger partial charge in [0.1, 0.15) is 0 Å². The maximum Gasteiger partial charge on any atom is 0.239 e. The Morgan fingerprint density at radius 1 is 1.22 bits per heavy atom. The SMILES string of the molecule is Cl.O=C(CN1CCNCC1=O)NCc1c(F)c(F)cc(F)c1F. The van der Waals surface area contributed by atoms with Crippen LogP contribution in [0.4, 0.5) is 17.6 Å². The number of carbonyl (C=O) groups is 2.